The zero-order valence-electron chi connectivity index (χ0n) is 9.54. The molecule has 0 fully saturated rings. The summed E-state index contributed by atoms with van der Waals surface area (Å²) in [4.78, 5) is 0. The van der Waals surface area contributed by atoms with Crippen molar-refractivity contribution < 1.29 is 9.52 Å². The van der Waals surface area contributed by atoms with Crippen molar-refractivity contribution in [1.29, 1.82) is 0 Å². The van der Waals surface area contributed by atoms with Crippen molar-refractivity contribution in [2.75, 3.05) is 6.61 Å². The number of aliphatic hydroxyl groups is 1. The Balaban J connectivity index is 2.01. The fraction of sp³-hybridized carbons (Fsp3) is 0.333. The molecular formula is C12H14N2O2S. The molecule has 0 spiro atoms. The van der Waals surface area contributed by atoms with Crippen LogP contribution >= 0.6 is 11.8 Å². The molecule has 0 bridgehead atoms. The molecule has 0 aliphatic heterocycles. The van der Waals surface area contributed by atoms with Gasteiger partial charge in [-0.25, -0.2) is 0 Å². The normalized spacial score (nSPS) is 12.6. The van der Waals surface area contributed by atoms with Gasteiger partial charge in [-0.1, -0.05) is 25.1 Å². The van der Waals surface area contributed by atoms with Gasteiger partial charge in [-0.2, -0.15) is 0 Å². The predicted octanol–water partition coefficient (Wildman–Crippen LogP) is 2.35. The number of hydrogen-bond acceptors (Lipinski definition) is 5. The van der Waals surface area contributed by atoms with Crippen LogP contribution in [0.15, 0.2) is 34.7 Å². The van der Waals surface area contributed by atoms with Gasteiger partial charge in [0.15, 0.2) is 0 Å². The molecule has 0 aliphatic rings. The molecule has 1 aromatic carbocycles. The van der Waals surface area contributed by atoms with Gasteiger partial charge in [0.1, 0.15) is 0 Å². The number of aromatic nitrogens is 2. The first-order chi connectivity index (χ1) is 8.29. The number of hydrogen-bond donors (Lipinski definition) is 1. The van der Waals surface area contributed by atoms with Crippen LogP contribution in [-0.2, 0) is 5.75 Å². The Kier molecular flexibility index (Phi) is 4.17. The van der Waals surface area contributed by atoms with Crippen LogP contribution in [0.2, 0.25) is 0 Å². The average molecular weight is 250 g/mol. The highest BCUT2D eigenvalue weighted by Gasteiger charge is 2.09. The monoisotopic (exact) mass is 250 g/mol. The Morgan fingerprint density at radius 2 is 2.06 bits per heavy atom. The van der Waals surface area contributed by atoms with E-state index in [1.807, 2.05) is 37.3 Å². The summed E-state index contributed by atoms with van der Waals surface area (Å²) in [5, 5.41) is 17.1. The molecule has 5 heteroatoms. The van der Waals surface area contributed by atoms with E-state index < -0.39 is 0 Å². The first-order valence-electron chi connectivity index (χ1n) is 5.40. The highest BCUT2D eigenvalue weighted by atomic mass is 32.2. The van der Waals surface area contributed by atoms with Gasteiger partial charge in [-0.15, -0.1) is 22.0 Å². The van der Waals surface area contributed by atoms with Gasteiger partial charge in [0.2, 0.25) is 11.8 Å². The Labute approximate surface area is 104 Å². The molecule has 0 saturated carbocycles. The Morgan fingerprint density at radius 3 is 2.76 bits per heavy atom. The summed E-state index contributed by atoms with van der Waals surface area (Å²) in [7, 11) is 0. The molecular weight excluding hydrogens is 236 g/mol. The lowest BCUT2D eigenvalue weighted by Crippen LogP contribution is -2.02. The smallest absolute Gasteiger partial charge is 0.247 e. The molecule has 0 radical (unpaired) electrons. The zero-order valence-corrected chi connectivity index (χ0v) is 10.4. The standard InChI is InChI=1S/C12H14N2O2S/c1-9(7-15)17-8-11-13-14-12(16-11)10-5-3-2-4-6-10/h2-6,9,15H,7-8H2,1H3. The van der Waals surface area contributed by atoms with Gasteiger partial charge in [0.05, 0.1) is 12.4 Å². The maximum absolute atomic E-state index is 8.91. The lowest BCUT2D eigenvalue weighted by atomic mass is 10.2. The molecule has 1 heterocycles. The maximum atomic E-state index is 8.91. The van der Waals surface area contributed by atoms with Crippen molar-refractivity contribution in [2.24, 2.45) is 0 Å². The van der Waals surface area contributed by atoms with Crippen LogP contribution in [0.25, 0.3) is 11.5 Å². The number of nitrogens with zero attached hydrogens (tertiary/aromatic N) is 2. The van der Waals surface area contributed by atoms with E-state index in [4.69, 9.17) is 9.52 Å². The summed E-state index contributed by atoms with van der Waals surface area (Å²) in [6.45, 7) is 2.11. The molecule has 17 heavy (non-hydrogen) atoms. The lowest BCUT2D eigenvalue weighted by Gasteiger charge is -2.03. The van der Waals surface area contributed by atoms with E-state index >= 15 is 0 Å². The van der Waals surface area contributed by atoms with Crippen LogP contribution in [0.3, 0.4) is 0 Å². The molecule has 1 unspecified atom stereocenters. The second kappa shape index (κ2) is 5.84. The largest absolute Gasteiger partial charge is 0.420 e. The Bertz CT molecular complexity index is 459. The van der Waals surface area contributed by atoms with Gasteiger partial charge >= 0.3 is 0 Å². The molecule has 2 aromatic rings. The number of benzene rings is 1. The van der Waals surface area contributed by atoms with E-state index in [9.17, 15) is 0 Å². The molecule has 90 valence electrons. The third-order valence-electron chi connectivity index (χ3n) is 2.24. The first kappa shape index (κ1) is 12.1. The summed E-state index contributed by atoms with van der Waals surface area (Å²) in [6.07, 6.45) is 0. The number of thioether (sulfide) groups is 1. The summed E-state index contributed by atoms with van der Waals surface area (Å²) in [6, 6.07) is 9.67. The first-order valence-corrected chi connectivity index (χ1v) is 6.44. The summed E-state index contributed by atoms with van der Waals surface area (Å²) >= 11 is 1.59. The van der Waals surface area contributed by atoms with Crippen LogP contribution < -0.4 is 0 Å². The van der Waals surface area contributed by atoms with Crippen LogP contribution in [0.1, 0.15) is 12.8 Å². The van der Waals surface area contributed by atoms with E-state index in [1.165, 1.54) is 0 Å². The van der Waals surface area contributed by atoms with Crippen molar-refractivity contribution in [2.45, 2.75) is 17.9 Å². The van der Waals surface area contributed by atoms with Crippen LogP contribution in [0.4, 0.5) is 0 Å². The minimum Gasteiger partial charge on any atom is -0.420 e. The van der Waals surface area contributed by atoms with Gasteiger partial charge in [-0.3, -0.25) is 0 Å². The predicted molar refractivity (Wildman–Crippen MR) is 67.6 cm³/mol. The second-order valence-corrected chi connectivity index (χ2v) is 5.10. The van der Waals surface area contributed by atoms with Crippen LogP contribution in [0, 0.1) is 0 Å². The van der Waals surface area contributed by atoms with Gasteiger partial charge in [0.25, 0.3) is 0 Å². The zero-order chi connectivity index (χ0) is 12.1. The molecule has 1 N–H and O–H groups in total. The second-order valence-electron chi connectivity index (χ2n) is 3.67. The minimum absolute atomic E-state index is 0.157. The molecule has 1 atom stereocenters. The molecule has 0 amide bonds. The molecule has 1 aromatic heterocycles. The summed E-state index contributed by atoms with van der Waals surface area (Å²) in [5.41, 5.74) is 0.923. The van der Waals surface area contributed by atoms with E-state index in [0.29, 0.717) is 17.5 Å². The van der Waals surface area contributed by atoms with Crippen molar-refractivity contribution in [1.82, 2.24) is 10.2 Å². The van der Waals surface area contributed by atoms with Crippen molar-refractivity contribution in [3.8, 4) is 11.5 Å². The molecule has 0 aliphatic carbocycles. The van der Waals surface area contributed by atoms with Gasteiger partial charge in [-0.05, 0) is 12.1 Å². The highest BCUT2D eigenvalue weighted by Crippen LogP contribution is 2.21. The summed E-state index contributed by atoms with van der Waals surface area (Å²) < 4.78 is 5.54. The molecule has 2 rings (SSSR count). The quantitative estimate of drug-likeness (QED) is 0.882. The number of rotatable bonds is 5. The lowest BCUT2D eigenvalue weighted by molar-refractivity contribution is 0.300. The summed E-state index contributed by atoms with van der Waals surface area (Å²) in [5.74, 6) is 1.76. The minimum atomic E-state index is 0.157. The van der Waals surface area contributed by atoms with Gasteiger partial charge in [0, 0.05) is 10.8 Å². The Morgan fingerprint density at radius 1 is 1.29 bits per heavy atom. The Hall–Kier alpha value is -1.33. The van der Waals surface area contributed by atoms with Crippen molar-refractivity contribution >= 4 is 11.8 Å². The fourth-order valence-corrected chi connectivity index (χ4v) is 1.92. The third kappa shape index (κ3) is 3.31. The topological polar surface area (TPSA) is 59.2 Å². The SMILES string of the molecule is CC(CO)SCc1nnc(-c2ccccc2)o1. The number of aliphatic hydroxyl groups excluding tert-OH is 1. The fourth-order valence-electron chi connectivity index (χ4n) is 1.28. The maximum Gasteiger partial charge on any atom is 0.247 e. The third-order valence-corrected chi connectivity index (χ3v) is 3.37. The van der Waals surface area contributed by atoms with E-state index in [2.05, 4.69) is 10.2 Å². The van der Waals surface area contributed by atoms with E-state index in [-0.39, 0.29) is 11.9 Å². The highest BCUT2D eigenvalue weighted by molar-refractivity contribution is 7.99. The van der Waals surface area contributed by atoms with Crippen molar-refractivity contribution in [3.05, 3.63) is 36.2 Å². The van der Waals surface area contributed by atoms with E-state index in [1.54, 1.807) is 11.8 Å². The van der Waals surface area contributed by atoms with Crippen LogP contribution in [-0.4, -0.2) is 27.2 Å². The average Bonchev–Trinajstić information content (AvgIpc) is 2.86. The van der Waals surface area contributed by atoms with Gasteiger partial charge < -0.3 is 9.52 Å². The van der Waals surface area contributed by atoms with Crippen LogP contribution in [0.5, 0.6) is 0 Å². The van der Waals surface area contributed by atoms with Crippen molar-refractivity contribution in [3.63, 3.8) is 0 Å². The molecule has 0 saturated heterocycles. The molecule has 4 nitrogen and oxygen atoms in total. The van der Waals surface area contributed by atoms with E-state index in [0.717, 1.165) is 5.56 Å².